The zero-order chi connectivity index (χ0) is 20.3. The number of urea groups is 1. The van der Waals surface area contributed by atoms with E-state index in [0.717, 1.165) is 38.2 Å². The molecule has 0 atom stereocenters. The molecule has 1 spiro atoms. The molecule has 0 aliphatic carbocycles. The lowest BCUT2D eigenvalue weighted by molar-refractivity contribution is -0.135. The standard InChI is InChI=1S/C22H27N5O2/c1-25-21(29)27(14-4-5-18-7-12-23-13-8-18)20(28)22(25)9-15-26(16-10-22)17-19-6-2-3-11-24-19/h2-3,6-8,11-13H,4-5,9-10,14-17H2,1H3. The molecule has 7 nitrogen and oxygen atoms in total. The van der Waals surface area contributed by atoms with Gasteiger partial charge in [-0.15, -0.1) is 0 Å². The molecule has 4 heterocycles. The summed E-state index contributed by atoms with van der Waals surface area (Å²) >= 11 is 0. The van der Waals surface area contributed by atoms with Gasteiger partial charge in [0.15, 0.2) is 0 Å². The number of aromatic nitrogens is 2. The van der Waals surface area contributed by atoms with Gasteiger partial charge in [-0.1, -0.05) is 6.07 Å². The van der Waals surface area contributed by atoms with Gasteiger partial charge in [0, 0.05) is 51.8 Å². The molecule has 0 radical (unpaired) electrons. The highest BCUT2D eigenvalue weighted by molar-refractivity contribution is 6.07. The number of amides is 3. The van der Waals surface area contributed by atoms with E-state index in [-0.39, 0.29) is 11.9 Å². The van der Waals surface area contributed by atoms with Crippen LogP contribution in [0.2, 0.25) is 0 Å². The zero-order valence-corrected chi connectivity index (χ0v) is 16.8. The van der Waals surface area contributed by atoms with E-state index in [4.69, 9.17) is 0 Å². The highest BCUT2D eigenvalue weighted by Gasteiger charge is 2.56. The zero-order valence-electron chi connectivity index (χ0n) is 16.8. The first-order valence-corrected chi connectivity index (χ1v) is 10.2. The molecular weight excluding hydrogens is 366 g/mol. The topological polar surface area (TPSA) is 69.6 Å². The Morgan fingerprint density at radius 2 is 1.79 bits per heavy atom. The molecule has 0 bridgehead atoms. The second-order valence-electron chi connectivity index (χ2n) is 7.89. The Hall–Kier alpha value is -2.80. The van der Waals surface area contributed by atoms with E-state index in [2.05, 4.69) is 14.9 Å². The van der Waals surface area contributed by atoms with Crippen molar-refractivity contribution in [3.8, 4) is 0 Å². The number of hydrogen-bond donors (Lipinski definition) is 0. The summed E-state index contributed by atoms with van der Waals surface area (Å²) in [7, 11) is 1.78. The van der Waals surface area contributed by atoms with E-state index in [0.29, 0.717) is 19.4 Å². The first-order chi connectivity index (χ1) is 14.1. The van der Waals surface area contributed by atoms with Crippen molar-refractivity contribution in [3.05, 3.63) is 60.2 Å². The van der Waals surface area contributed by atoms with E-state index in [1.807, 2.05) is 30.3 Å². The summed E-state index contributed by atoms with van der Waals surface area (Å²) in [6.07, 6.45) is 8.26. The fraction of sp³-hybridized carbons (Fsp3) is 0.455. The molecule has 2 aromatic heterocycles. The van der Waals surface area contributed by atoms with Crippen molar-refractivity contribution in [3.63, 3.8) is 0 Å². The molecule has 0 unspecified atom stereocenters. The van der Waals surface area contributed by atoms with Crippen LogP contribution in [-0.4, -0.2) is 68.8 Å². The average molecular weight is 393 g/mol. The number of carbonyl (C=O) groups is 2. The number of imide groups is 1. The summed E-state index contributed by atoms with van der Waals surface area (Å²) in [5.74, 6) is -0.0304. The molecule has 0 saturated carbocycles. The number of piperidine rings is 1. The third-order valence-corrected chi connectivity index (χ3v) is 6.19. The minimum absolute atomic E-state index is 0.0304. The van der Waals surface area contributed by atoms with E-state index in [1.165, 1.54) is 10.5 Å². The highest BCUT2D eigenvalue weighted by Crippen LogP contribution is 2.36. The van der Waals surface area contributed by atoms with Crippen molar-refractivity contribution in [2.75, 3.05) is 26.7 Å². The lowest BCUT2D eigenvalue weighted by atomic mass is 9.86. The largest absolute Gasteiger partial charge is 0.327 e. The Kier molecular flexibility index (Phi) is 5.58. The second-order valence-corrected chi connectivity index (χ2v) is 7.89. The molecular formula is C22H27N5O2. The number of pyridine rings is 2. The molecule has 2 aliphatic rings. The van der Waals surface area contributed by atoms with Crippen LogP contribution in [0, 0.1) is 0 Å². The first kappa shape index (κ1) is 19.5. The fourth-order valence-electron chi connectivity index (χ4n) is 4.38. The molecule has 3 amide bonds. The average Bonchev–Trinajstić information content (AvgIpc) is 2.93. The van der Waals surface area contributed by atoms with Gasteiger partial charge in [0.25, 0.3) is 5.91 Å². The van der Waals surface area contributed by atoms with Crippen LogP contribution in [0.4, 0.5) is 4.79 Å². The van der Waals surface area contributed by atoms with Gasteiger partial charge in [-0.3, -0.25) is 24.6 Å². The molecule has 7 heteroatoms. The fourth-order valence-corrected chi connectivity index (χ4v) is 4.38. The molecule has 2 aromatic rings. The Bertz CT molecular complexity index is 850. The van der Waals surface area contributed by atoms with Crippen molar-refractivity contribution in [1.82, 2.24) is 24.7 Å². The van der Waals surface area contributed by atoms with Crippen LogP contribution in [0.1, 0.15) is 30.5 Å². The van der Waals surface area contributed by atoms with Gasteiger partial charge in [0.2, 0.25) is 0 Å². The smallest absolute Gasteiger partial charge is 0.312 e. The summed E-state index contributed by atoms with van der Waals surface area (Å²) in [6.45, 7) is 2.80. The normalized spacial score (nSPS) is 19.3. The number of likely N-dealkylation sites (tertiary alicyclic amines) is 1. The summed E-state index contributed by atoms with van der Waals surface area (Å²) in [5, 5.41) is 0. The number of nitrogens with zero attached hydrogens (tertiary/aromatic N) is 5. The minimum atomic E-state index is -0.686. The van der Waals surface area contributed by atoms with Crippen LogP contribution in [-0.2, 0) is 17.8 Å². The Labute approximate surface area is 171 Å². The van der Waals surface area contributed by atoms with Gasteiger partial charge >= 0.3 is 6.03 Å². The maximum absolute atomic E-state index is 13.2. The van der Waals surface area contributed by atoms with E-state index in [9.17, 15) is 9.59 Å². The van der Waals surface area contributed by atoms with Crippen LogP contribution >= 0.6 is 0 Å². The van der Waals surface area contributed by atoms with Crippen LogP contribution in [0.15, 0.2) is 48.9 Å². The van der Waals surface area contributed by atoms with Gasteiger partial charge in [0.1, 0.15) is 5.54 Å². The van der Waals surface area contributed by atoms with Gasteiger partial charge in [-0.25, -0.2) is 4.79 Å². The van der Waals surface area contributed by atoms with E-state index < -0.39 is 5.54 Å². The van der Waals surface area contributed by atoms with Crippen LogP contribution in [0.5, 0.6) is 0 Å². The maximum atomic E-state index is 13.2. The minimum Gasteiger partial charge on any atom is -0.312 e. The van der Waals surface area contributed by atoms with E-state index in [1.54, 1.807) is 30.5 Å². The Balaban J connectivity index is 1.36. The Morgan fingerprint density at radius 1 is 1.03 bits per heavy atom. The van der Waals surface area contributed by atoms with Gasteiger partial charge < -0.3 is 4.90 Å². The summed E-state index contributed by atoms with van der Waals surface area (Å²) < 4.78 is 0. The quantitative estimate of drug-likeness (QED) is 0.705. The Morgan fingerprint density at radius 3 is 2.48 bits per heavy atom. The number of carbonyl (C=O) groups excluding carboxylic acids is 2. The second kappa shape index (κ2) is 8.29. The maximum Gasteiger partial charge on any atom is 0.327 e. The first-order valence-electron chi connectivity index (χ1n) is 10.2. The van der Waals surface area contributed by atoms with Gasteiger partial charge in [-0.05, 0) is 55.5 Å². The van der Waals surface area contributed by atoms with Crippen LogP contribution in [0.25, 0.3) is 0 Å². The van der Waals surface area contributed by atoms with Crippen molar-refractivity contribution in [2.24, 2.45) is 0 Å². The van der Waals surface area contributed by atoms with Crippen molar-refractivity contribution < 1.29 is 9.59 Å². The third kappa shape index (κ3) is 3.87. The summed E-state index contributed by atoms with van der Waals surface area (Å²) in [4.78, 5) is 39.9. The van der Waals surface area contributed by atoms with Crippen molar-refractivity contribution >= 4 is 11.9 Å². The predicted octanol–water partition coefficient (Wildman–Crippen LogP) is 2.34. The van der Waals surface area contributed by atoms with Crippen molar-refractivity contribution in [1.29, 1.82) is 0 Å². The molecule has 2 saturated heterocycles. The molecule has 0 aromatic carbocycles. The lowest BCUT2D eigenvalue weighted by Gasteiger charge is -2.40. The van der Waals surface area contributed by atoms with Crippen LogP contribution < -0.4 is 0 Å². The summed E-state index contributed by atoms with van der Waals surface area (Å²) in [5.41, 5.74) is 1.52. The van der Waals surface area contributed by atoms with Crippen molar-refractivity contribution in [2.45, 2.75) is 37.8 Å². The highest BCUT2D eigenvalue weighted by atomic mass is 16.2. The lowest BCUT2D eigenvalue weighted by Crippen LogP contribution is -2.55. The SMILES string of the molecule is CN1C(=O)N(CCCc2ccncc2)C(=O)C12CCN(Cc1ccccn1)CC2. The number of aryl methyl sites for hydroxylation is 1. The molecule has 152 valence electrons. The van der Waals surface area contributed by atoms with Gasteiger partial charge in [-0.2, -0.15) is 0 Å². The molecule has 29 heavy (non-hydrogen) atoms. The monoisotopic (exact) mass is 393 g/mol. The van der Waals surface area contributed by atoms with E-state index >= 15 is 0 Å². The number of rotatable bonds is 6. The van der Waals surface area contributed by atoms with Crippen LogP contribution in [0.3, 0.4) is 0 Å². The third-order valence-electron chi connectivity index (χ3n) is 6.19. The van der Waals surface area contributed by atoms with Gasteiger partial charge in [0.05, 0.1) is 5.69 Å². The number of likely N-dealkylation sites (N-methyl/N-ethyl adjacent to an activating group) is 1. The molecule has 0 N–H and O–H groups in total. The predicted molar refractivity (Wildman–Crippen MR) is 109 cm³/mol. The molecule has 2 aliphatic heterocycles. The summed E-state index contributed by atoms with van der Waals surface area (Å²) in [6, 6.07) is 9.70. The molecule has 2 fully saturated rings. The molecule has 4 rings (SSSR count). The number of hydrogen-bond acceptors (Lipinski definition) is 5.